The van der Waals surface area contributed by atoms with E-state index >= 15 is 0 Å². The van der Waals surface area contributed by atoms with E-state index in [-0.39, 0.29) is 23.0 Å². The number of hydrogen-bond acceptors (Lipinski definition) is 5. The smallest absolute Gasteiger partial charge is 0.261 e. The van der Waals surface area contributed by atoms with Crippen LogP contribution in [0.15, 0.2) is 41.1 Å². The van der Waals surface area contributed by atoms with Crippen molar-refractivity contribution < 1.29 is 14.0 Å². The molecule has 0 aliphatic rings. The lowest BCUT2D eigenvalue weighted by Gasteiger charge is -1.97. The Morgan fingerprint density at radius 1 is 1.25 bits per heavy atom. The SMILES string of the molecule is Oc1ccc(-c2nc(-c3ncccc3Cl)no2)c(F)c1. The minimum Gasteiger partial charge on any atom is -0.508 e. The van der Waals surface area contributed by atoms with Crippen molar-refractivity contribution in [3.63, 3.8) is 0 Å². The summed E-state index contributed by atoms with van der Waals surface area (Å²) in [6, 6.07) is 6.96. The van der Waals surface area contributed by atoms with E-state index in [0.29, 0.717) is 10.7 Å². The Morgan fingerprint density at radius 3 is 2.85 bits per heavy atom. The Bertz CT molecular complexity index is 776. The van der Waals surface area contributed by atoms with E-state index in [0.717, 1.165) is 6.07 Å². The zero-order valence-corrected chi connectivity index (χ0v) is 10.7. The third kappa shape index (κ3) is 2.21. The van der Waals surface area contributed by atoms with Crippen molar-refractivity contribution in [1.82, 2.24) is 15.1 Å². The average molecular weight is 292 g/mol. The summed E-state index contributed by atoms with van der Waals surface area (Å²) in [5.74, 6) is -0.691. The topological polar surface area (TPSA) is 72.0 Å². The van der Waals surface area contributed by atoms with Gasteiger partial charge in [0.25, 0.3) is 5.89 Å². The van der Waals surface area contributed by atoms with Crippen LogP contribution in [0.1, 0.15) is 0 Å². The summed E-state index contributed by atoms with van der Waals surface area (Å²) in [4.78, 5) is 8.10. The van der Waals surface area contributed by atoms with Crippen molar-refractivity contribution in [3.8, 4) is 28.7 Å². The zero-order chi connectivity index (χ0) is 14.1. The third-order valence-electron chi connectivity index (χ3n) is 2.58. The van der Waals surface area contributed by atoms with Crippen molar-refractivity contribution in [3.05, 3.63) is 47.4 Å². The molecule has 2 heterocycles. The summed E-state index contributed by atoms with van der Waals surface area (Å²) in [6.07, 6.45) is 1.54. The molecule has 0 aliphatic heterocycles. The molecular formula is C13H7ClFN3O2. The van der Waals surface area contributed by atoms with E-state index in [1.807, 2.05) is 0 Å². The van der Waals surface area contributed by atoms with Gasteiger partial charge >= 0.3 is 0 Å². The molecule has 0 atom stereocenters. The maximum Gasteiger partial charge on any atom is 0.261 e. The standard InChI is InChI=1S/C13H7ClFN3O2/c14-9-2-1-5-16-11(9)12-17-13(20-18-12)8-4-3-7(19)6-10(8)15/h1-6,19H. The number of benzene rings is 1. The monoisotopic (exact) mass is 291 g/mol. The highest BCUT2D eigenvalue weighted by molar-refractivity contribution is 6.32. The van der Waals surface area contributed by atoms with Gasteiger partial charge in [0.2, 0.25) is 5.82 Å². The van der Waals surface area contributed by atoms with Crippen LogP contribution in [0.2, 0.25) is 5.02 Å². The summed E-state index contributed by atoms with van der Waals surface area (Å²) >= 11 is 5.97. The van der Waals surface area contributed by atoms with Gasteiger partial charge in [0.05, 0.1) is 10.6 Å². The first-order chi connectivity index (χ1) is 9.65. The second-order valence-corrected chi connectivity index (χ2v) is 4.33. The predicted octanol–water partition coefficient (Wildman–Crippen LogP) is 3.30. The second kappa shape index (κ2) is 4.90. The van der Waals surface area contributed by atoms with E-state index in [4.69, 9.17) is 21.2 Å². The van der Waals surface area contributed by atoms with E-state index in [1.165, 1.54) is 12.1 Å². The van der Waals surface area contributed by atoms with Crippen LogP contribution in [0.25, 0.3) is 23.0 Å². The second-order valence-electron chi connectivity index (χ2n) is 3.92. The van der Waals surface area contributed by atoms with Crippen LogP contribution in [0.3, 0.4) is 0 Å². The van der Waals surface area contributed by atoms with Gasteiger partial charge in [-0.15, -0.1) is 0 Å². The molecule has 2 aromatic heterocycles. The summed E-state index contributed by atoms with van der Waals surface area (Å²) in [7, 11) is 0. The molecule has 20 heavy (non-hydrogen) atoms. The van der Waals surface area contributed by atoms with Crippen LogP contribution in [0.4, 0.5) is 4.39 Å². The van der Waals surface area contributed by atoms with Crippen LogP contribution in [-0.2, 0) is 0 Å². The van der Waals surface area contributed by atoms with E-state index in [2.05, 4.69) is 15.1 Å². The highest BCUT2D eigenvalue weighted by Crippen LogP contribution is 2.28. The van der Waals surface area contributed by atoms with Crippen LogP contribution in [0, 0.1) is 5.82 Å². The average Bonchev–Trinajstić information content (AvgIpc) is 2.88. The molecule has 0 bridgehead atoms. The predicted molar refractivity (Wildman–Crippen MR) is 69.6 cm³/mol. The van der Waals surface area contributed by atoms with Crippen LogP contribution < -0.4 is 0 Å². The Balaban J connectivity index is 2.04. The maximum atomic E-state index is 13.7. The first kappa shape index (κ1) is 12.6. The van der Waals surface area contributed by atoms with Gasteiger partial charge < -0.3 is 9.63 Å². The van der Waals surface area contributed by atoms with Gasteiger partial charge in [-0.2, -0.15) is 4.98 Å². The zero-order valence-electron chi connectivity index (χ0n) is 9.92. The summed E-state index contributed by atoms with van der Waals surface area (Å²) in [6.45, 7) is 0. The van der Waals surface area contributed by atoms with Crippen molar-refractivity contribution >= 4 is 11.6 Å². The molecule has 5 nitrogen and oxygen atoms in total. The number of aromatic hydroxyl groups is 1. The number of aromatic nitrogens is 3. The Hall–Kier alpha value is -2.47. The fourth-order valence-corrected chi connectivity index (χ4v) is 1.86. The fraction of sp³-hybridized carbons (Fsp3) is 0. The quantitative estimate of drug-likeness (QED) is 0.784. The largest absolute Gasteiger partial charge is 0.508 e. The molecule has 3 rings (SSSR count). The van der Waals surface area contributed by atoms with Gasteiger partial charge in [0, 0.05) is 12.3 Å². The highest BCUT2D eigenvalue weighted by Gasteiger charge is 2.16. The molecule has 100 valence electrons. The molecule has 1 aromatic carbocycles. The third-order valence-corrected chi connectivity index (χ3v) is 2.88. The lowest BCUT2D eigenvalue weighted by atomic mass is 10.2. The number of hydrogen-bond donors (Lipinski definition) is 1. The first-order valence-electron chi connectivity index (χ1n) is 5.58. The summed E-state index contributed by atoms with van der Waals surface area (Å²) in [5.41, 5.74) is 0.442. The molecule has 0 saturated carbocycles. The van der Waals surface area contributed by atoms with Gasteiger partial charge in [-0.1, -0.05) is 16.8 Å². The number of phenols is 1. The molecule has 0 saturated heterocycles. The lowest BCUT2D eigenvalue weighted by Crippen LogP contribution is -1.87. The number of nitrogens with zero attached hydrogens (tertiary/aromatic N) is 3. The highest BCUT2D eigenvalue weighted by atomic mass is 35.5. The number of pyridine rings is 1. The van der Waals surface area contributed by atoms with Crippen molar-refractivity contribution in [2.24, 2.45) is 0 Å². The summed E-state index contributed by atoms with van der Waals surface area (Å²) in [5, 5.41) is 13.3. The van der Waals surface area contributed by atoms with Gasteiger partial charge in [0.15, 0.2) is 0 Å². The summed E-state index contributed by atoms with van der Waals surface area (Å²) < 4.78 is 18.7. The number of rotatable bonds is 2. The van der Waals surface area contributed by atoms with Gasteiger partial charge in [-0.3, -0.25) is 4.98 Å². The molecule has 3 aromatic rings. The molecule has 7 heteroatoms. The molecule has 0 aliphatic carbocycles. The maximum absolute atomic E-state index is 13.7. The van der Waals surface area contributed by atoms with Crippen molar-refractivity contribution in [2.45, 2.75) is 0 Å². The molecule has 0 amide bonds. The molecule has 1 N–H and O–H groups in total. The van der Waals surface area contributed by atoms with Crippen molar-refractivity contribution in [2.75, 3.05) is 0 Å². The molecule has 0 unspecified atom stereocenters. The Kier molecular flexibility index (Phi) is 3.08. The lowest BCUT2D eigenvalue weighted by molar-refractivity contribution is 0.428. The van der Waals surface area contributed by atoms with E-state index in [1.54, 1.807) is 18.3 Å². The number of halogens is 2. The number of phenolic OH excluding ortho intramolecular Hbond substituents is 1. The Labute approximate surface area is 117 Å². The molecule has 0 radical (unpaired) electrons. The molecular weight excluding hydrogens is 285 g/mol. The van der Waals surface area contributed by atoms with Gasteiger partial charge in [-0.05, 0) is 24.3 Å². The van der Waals surface area contributed by atoms with Crippen LogP contribution >= 0.6 is 11.6 Å². The minimum absolute atomic E-state index is 0.0146. The molecule has 0 fully saturated rings. The van der Waals surface area contributed by atoms with Crippen LogP contribution in [0.5, 0.6) is 5.75 Å². The first-order valence-corrected chi connectivity index (χ1v) is 5.96. The van der Waals surface area contributed by atoms with E-state index < -0.39 is 5.82 Å². The minimum atomic E-state index is -0.660. The molecule has 0 spiro atoms. The van der Waals surface area contributed by atoms with Gasteiger partial charge in [-0.25, -0.2) is 4.39 Å². The van der Waals surface area contributed by atoms with Crippen molar-refractivity contribution in [1.29, 1.82) is 0 Å². The van der Waals surface area contributed by atoms with E-state index in [9.17, 15) is 4.39 Å². The fourth-order valence-electron chi connectivity index (χ4n) is 1.66. The normalized spacial score (nSPS) is 10.7. The van der Waals surface area contributed by atoms with Gasteiger partial charge in [0.1, 0.15) is 17.3 Å². The Morgan fingerprint density at radius 2 is 2.10 bits per heavy atom. The van der Waals surface area contributed by atoms with Crippen LogP contribution in [-0.4, -0.2) is 20.2 Å².